The second-order valence-corrected chi connectivity index (χ2v) is 5.36. The number of rotatable bonds is 7. The molecule has 6 nitrogen and oxygen atoms in total. The molecule has 2 atom stereocenters. The molecule has 1 unspecified atom stereocenters. The Hall–Kier alpha value is -2.08. The number of hydrogen-bond donors (Lipinski definition) is 4. The third-order valence-electron chi connectivity index (χ3n) is 3.39. The van der Waals surface area contributed by atoms with E-state index in [1.807, 2.05) is 13.8 Å². The molecule has 0 saturated heterocycles. The van der Waals surface area contributed by atoms with Gasteiger partial charge in [0.15, 0.2) is 0 Å². The molecule has 6 heteroatoms. The van der Waals surface area contributed by atoms with Gasteiger partial charge in [-0.15, -0.1) is 0 Å². The minimum Gasteiger partial charge on any atom is -0.508 e. The maximum Gasteiger partial charge on any atom is 0.326 e. The highest BCUT2D eigenvalue weighted by atomic mass is 16.4. The molecule has 1 aromatic carbocycles. The molecule has 0 aliphatic carbocycles. The summed E-state index contributed by atoms with van der Waals surface area (Å²) >= 11 is 0. The average molecular weight is 294 g/mol. The van der Waals surface area contributed by atoms with Crippen LogP contribution >= 0.6 is 0 Å². The van der Waals surface area contributed by atoms with Crippen molar-refractivity contribution in [2.24, 2.45) is 17.6 Å². The standard InChI is InChI=1S/C15H22N2O4/c1-9(2)12(8-16)14(19)17-13(15(20)21)7-10-3-5-11(18)6-4-10/h3-6,9,12-13,18H,7-8,16H2,1-2H3,(H,17,19)(H,20,21)/t12?,13-/m0/s1. The topological polar surface area (TPSA) is 113 Å². The van der Waals surface area contributed by atoms with Gasteiger partial charge >= 0.3 is 5.97 Å². The summed E-state index contributed by atoms with van der Waals surface area (Å²) in [7, 11) is 0. The minimum atomic E-state index is -1.10. The van der Waals surface area contributed by atoms with Crippen molar-refractivity contribution in [3.8, 4) is 5.75 Å². The molecular formula is C15H22N2O4. The van der Waals surface area contributed by atoms with Crippen LogP contribution in [0.3, 0.4) is 0 Å². The number of nitrogens with two attached hydrogens (primary N) is 1. The van der Waals surface area contributed by atoms with Crippen molar-refractivity contribution in [3.05, 3.63) is 29.8 Å². The molecular weight excluding hydrogens is 272 g/mol. The summed E-state index contributed by atoms with van der Waals surface area (Å²) in [5.41, 5.74) is 6.28. The summed E-state index contributed by atoms with van der Waals surface area (Å²) in [6.07, 6.45) is 0.150. The van der Waals surface area contributed by atoms with E-state index in [0.29, 0.717) is 5.56 Å². The molecule has 0 aliphatic rings. The van der Waals surface area contributed by atoms with Crippen LogP contribution in [0.4, 0.5) is 0 Å². The molecule has 0 saturated carbocycles. The third kappa shape index (κ3) is 5.07. The number of carbonyl (C=O) groups excluding carboxylic acids is 1. The molecule has 1 rings (SSSR count). The summed E-state index contributed by atoms with van der Waals surface area (Å²) in [4.78, 5) is 23.4. The minimum absolute atomic E-state index is 0.0399. The first-order valence-corrected chi connectivity index (χ1v) is 6.86. The number of nitrogens with one attached hydrogen (secondary N) is 1. The molecule has 0 aliphatic heterocycles. The third-order valence-corrected chi connectivity index (χ3v) is 3.39. The number of carbonyl (C=O) groups is 2. The van der Waals surface area contributed by atoms with Crippen molar-refractivity contribution < 1.29 is 19.8 Å². The van der Waals surface area contributed by atoms with Crippen LogP contribution in [-0.2, 0) is 16.0 Å². The number of carboxylic acid groups (broad SMARTS) is 1. The van der Waals surface area contributed by atoms with Crippen molar-refractivity contribution in [2.75, 3.05) is 6.54 Å². The molecule has 1 aromatic rings. The van der Waals surface area contributed by atoms with Crippen molar-refractivity contribution in [1.29, 1.82) is 0 Å². The van der Waals surface area contributed by atoms with Crippen LogP contribution in [-0.4, -0.2) is 34.7 Å². The highest BCUT2D eigenvalue weighted by molar-refractivity contribution is 5.85. The Bertz CT molecular complexity index is 485. The molecule has 0 aromatic heterocycles. The molecule has 0 fully saturated rings. The van der Waals surface area contributed by atoms with Crippen LogP contribution in [0.1, 0.15) is 19.4 Å². The van der Waals surface area contributed by atoms with Gasteiger partial charge in [0.25, 0.3) is 0 Å². The van der Waals surface area contributed by atoms with Crippen LogP contribution in [0.25, 0.3) is 0 Å². The lowest BCUT2D eigenvalue weighted by Gasteiger charge is -2.21. The fraction of sp³-hybridized carbons (Fsp3) is 0.467. The van der Waals surface area contributed by atoms with Gasteiger partial charge in [0.1, 0.15) is 11.8 Å². The second-order valence-electron chi connectivity index (χ2n) is 5.36. The quantitative estimate of drug-likeness (QED) is 0.592. The smallest absolute Gasteiger partial charge is 0.326 e. The molecule has 0 radical (unpaired) electrons. The Morgan fingerprint density at radius 1 is 1.24 bits per heavy atom. The van der Waals surface area contributed by atoms with Crippen LogP contribution in [0.5, 0.6) is 5.75 Å². The van der Waals surface area contributed by atoms with Gasteiger partial charge in [-0.3, -0.25) is 4.79 Å². The fourth-order valence-electron chi connectivity index (χ4n) is 2.03. The van der Waals surface area contributed by atoms with E-state index in [-0.39, 0.29) is 30.5 Å². The Balaban J connectivity index is 2.76. The molecule has 21 heavy (non-hydrogen) atoms. The van der Waals surface area contributed by atoms with Gasteiger partial charge in [-0.2, -0.15) is 0 Å². The zero-order valence-corrected chi connectivity index (χ0v) is 12.2. The fourth-order valence-corrected chi connectivity index (χ4v) is 2.03. The van der Waals surface area contributed by atoms with E-state index < -0.39 is 17.9 Å². The molecule has 0 bridgehead atoms. The zero-order chi connectivity index (χ0) is 16.0. The number of aromatic hydroxyl groups is 1. The van der Waals surface area contributed by atoms with Crippen LogP contribution in [0.2, 0.25) is 0 Å². The predicted molar refractivity (Wildman–Crippen MR) is 78.8 cm³/mol. The molecule has 1 amide bonds. The van der Waals surface area contributed by atoms with Crippen LogP contribution in [0.15, 0.2) is 24.3 Å². The van der Waals surface area contributed by atoms with E-state index in [2.05, 4.69) is 5.32 Å². The largest absolute Gasteiger partial charge is 0.508 e. The number of benzene rings is 1. The molecule has 116 valence electrons. The van der Waals surface area contributed by atoms with E-state index in [0.717, 1.165) is 0 Å². The summed E-state index contributed by atoms with van der Waals surface area (Å²) in [6.45, 7) is 3.91. The van der Waals surface area contributed by atoms with Crippen molar-refractivity contribution >= 4 is 11.9 Å². The van der Waals surface area contributed by atoms with E-state index >= 15 is 0 Å². The lowest BCUT2D eigenvalue weighted by atomic mass is 9.94. The van der Waals surface area contributed by atoms with Gasteiger partial charge in [-0.05, 0) is 23.6 Å². The first kappa shape index (κ1) is 17.0. The van der Waals surface area contributed by atoms with Crippen molar-refractivity contribution in [1.82, 2.24) is 5.32 Å². The Morgan fingerprint density at radius 3 is 2.24 bits per heavy atom. The number of phenols is 1. The Morgan fingerprint density at radius 2 is 1.81 bits per heavy atom. The molecule has 0 spiro atoms. The Labute approximate surface area is 124 Å². The number of carboxylic acids is 1. The summed E-state index contributed by atoms with van der Waals surface area (Å²) in [6, 6.07) is 5.19. The van der Waals surface area contributed by atoms with Gasteiger partial charge in [0.2, 0.25) is 5.91 Å². The monoisotopic (exact) mass is 294 g/mol. The maximum absolute atomic E-state index is 12.1. The normalized spacial score (nSPS) is 13.7. The highest BCUT2D eigenvalue weighted by Crippen LogP contribution is 2.13. The Kier molecular flexibility index (Phi) is 6.17. The number of phenolic OH excluding ortho intramolecular Hbond substituents is 1. The summed E-state index contributed by atoms with van der Waals surface area (Å²) < 4.78 is 0. The van der Waals surface area contributed by atoms with E-state index in [9.17, 15) is 19.8 Å². The second kappa shape index (κ2) is 7.64. The van der Waals surface area contributed by atoms with Crippen molar-refractivity contribution in [2.45, 2.75) is 26.3 Å². The lowest BCUT2D eigenvalue weighted by molar-refractivity contribution is -0.142. The predicted octanol–water partition coefficient (Wildman–Crippen LogP) is 0.735. The zero-order valence-electron chi connectivity index (χ0n) is 12.2. The lowest BCUT2D eigenvalue weighted by Crippen LogP contribution is -2.47. The first-order chi connectivity index (χ1) is 9.85. The van der Waals surface area contributed by atoms with Crippen LogP contribution < -0.4 is 11.1 Å². The van der Waals surface area contributed by atoms with Gasteiger partial charge in [0.05, 0.1) is 5.92 Å². The molecule has 5 N–H and O–H groups in total. The van der Waals surface area contributed by atoms with Gasteiger partial charge < -0.3 is 21.3 Å². The number of amides is 1. The maximum atomic E-state index is 12.1. The van der Waals surface area contributed by atoms with Crippen molar-refractivity contribution in [3.63, 3.8) is 0 Å². The summed E-state index contributed by atoms with van der Waals surface area (Å²) in [5, 5.41) is 21.0. The van der Waals surface area contributed by atoms with Gasteiger partial charge in [0, 0.05) is 13.0 Å². The van der Waals surface area contributed by atoms with E-state index in [1.54, 1.807) is 12.1 Å². The van der Waals surface area contributed by atoms with Gasteiger partial charge in [-0.25, -0.2) is 4.79 Å². The van der Waals surface area contributed by atoms with E-state index in [4.69, 9.17) is 5.73 Å². The molecule has 0 heterocycles. The van der Waals surface area contributed by atoms with Gasteiger partial charge in [-0.1, -0.05) is 26.0 Å². The SMILES string of the molecule is CC(C)C(CN)C(=O)N[C@@H](Cc1ccc(O)cc1)C(=O)O. The first-order valence-electron chi connectivity index (χ1n) is 6.86. The number of aliphatic carboxylic acids is 1. The van der Waals surface area contributed by atoms with E-state index in [1.165, 1.54) is 12.1 Å². The summed E-state index contributed by atoms with van der Waals surface area (Å²) in [5.74, 6) is -1.71. The number of hydrogen-bond acceptors (Lipinski definition) is 4. The van der Waals surface area contributed by atoms with Crippen LogP contribution in [0, 0.1) is 11.8 Å². The average Bonchev–Trinajstić information content (AvgIpc) is 2.40. The highest BCUT2D eigenvalue weighted by Gasteiger charge is 2.26.